The number of likely N-dealkylation sites (tertiary alicyclic amines) is 1. The number of benzene rings is 2. The number of ether oxygens (including phenoxy) is 2. The van der Waals surface area contributed by atoms with Gasteiger partial charge in [0.1, 0.15) is 11.4 Å². The lowest BCUT2D eigenvalue weighted by Gasteiger charge is -2.31. The molecule has 1 fully saturated rings. The summed E-state index contributed by atoms with van der Waals surface area (Å²) >= 11 is 0. The Morgan fingerprint density at radius 2 is 1.86 bits per heavy atom. The molecule has 7 nitrogen and oxygen atoms in total. The number of methoxy groups -OCH3 is 1. The van der Waals surface area contributed by atoms with E-state index >= 15 is 0 Å². The Balaban J connectivity index is 1.41. The van der Waals surface area contributed by atoms with E-state index in [0.717, 1.165) is 35.0 Å². The van der Waals surface area contributed by atoms with Crippen molar-refractivity contribution in [1.29, 1.82) is 0 Å². The number of hydrogen-bond donors (Lipinski definition) is 0. The minimum absolute atomic E-state index is 0.0326. The van der Waals surface area contributed by atoms with Gasteiger partial charge in [-0.2, -0.15) is 9.49 Å². The van der Waals surface area contributed by atoms with Gasteiger partial charge in [-0.3, -0.25) is 14.5 Å². The highest BCUT2D eigenvalue weighted by Crippen LogP contribution is 2.35. The van der Waals surface area contributed by atoms with Gasteiger partial charge in [0, 0.05) is 36.4 Å². The molecule has 3 heterocycles. The van der Waals surface area contributed by atoms with Crippen LogP contribution in [-0.4, -0.2) is 45.8 Å². The second-order valence-electron chi connectivity index (χ2n) is 8.35. The third-order valence-electron chi connectivity index (χ3n) is 6.31. The van der Waals surface area contributed by atoms with E-state index in [-0.39, 0.29) is 23.4 Å². The largest absolute Gasteiger partial charge is 0.494 e. The van der Waals surface area contributed by atoms with Crippen LogP contribution in [-0.2, 0) is 4.79 Å². The summed E-state index contributed by atoms with van der Waals surface area (Å²) in [4.78, 5) is 18.1. The Morgan fingerprint density at radius 1 is 1.11 bits per heavy atom. The van der Waals surface area contributed by atoms with Crippen molar-refractivity contribution < 1.29 is 18.7 Å². The summed E-state index contributed by atoms with van der Waals surface area (Å²) < 4.78 is 27.3. The second kappa shape index (κ2) is 9.58. The quantitative estimate of drug-likeness (QED) is 0.352. The number of nitrogens with zero attached hydrogens (tertiary/aromatic N) is 4. The van der Waals surface area contributed by atoms with E-state index in [4.69, 9.17) is 14.6 Å². The van der Waals surface area contributed by atoms with Crippen molar-refractivity contribution in [2.24, 2.45) is 0 Å². The average molecular weight is 473 g/mol. The fourth-order valence-corrected chi connectivity index (χ4v) is 4.47. The van der Waals surface area contributed by atoms with Gasteiger partial charge in [0.05, 0.1) is 18.7 Å². The number of halogens is 1. The molecule has 1 amide bonds. The number of hydrogen-bond acceptors (Lipinski definition) is 5. The summed E-state index contributed by atoms with van der Waals surface area (Å²) in [5.74, 6) is 0.146. The lowest BCUT2D eigenvalue weighted by Crippen LogP contribution is -2.38. The van der Waals surface area contributed by atoms with E-state index in [9.17, 15) is 9.18 Å². The van der Waals surface area contributed by atoms with Crippen molar-refractivity contribution >= 4 is 16.8 Å². The lowest BCUT2D eigenvalue weighted by atomic mass is 10.0. The van der Waals surface area contributed by atoms with Crippen molar-refractivity contribution in [2.45, 2.75) is 18.9 Å². The van der Waals surface area contributed by atoms with Crippen LogP contribution in [0.4, 0.5) is 4.39 Å². The van der Waals surface area contributed by atoms with Crippen LogP contribution in [0.5, 0.6) is 17.2 Å². The number of fused-ring (bicyclic) bond motifs is 1. The van der Waals surface area contributed by atoms with E-state index in [1.165, 1.54) is 13.2 Å². The number of rotatable bonds is 6. The SMILES string of the molecule is C=CC(=O)N1CCC(n2nc(-c3ccc(Oc4cccc(OC)c4F)cc3)c3cnccc32)CC1. The maximum atomic E-state index is 14.4. The number of amides is 1. The van der Waals surface area contributed by atoms with Gasteiger partial charge in [0.2, 0.25) is 11.7 Å². The fraction of sp³-hybridized carbons (Fsp3) is 0.222. The van der Waals surface area contributed by atoms with Crippen LogP contribution >= 0.6 is 0 Å². The normalized spacial score (nSPS) is 14.2. The molecule has 0 aliphatic carbocycles. The van der Waals surface area contributed by atoms with Gasteiger partial charge in [-0.25, -0.2) is 0 Å². The fourth-order valence-electron chi connectivity index (χ4n) is 4.47. The van der Waals surface area contributed by atoms with Crippen molar-refractivity contribution in [3.8, 4) is 28.5 Å². The standard InChI is InChI=1S/C27H25FN4O3/c1-3-25(33)31-15-12-19(13-16-31)32-22-11-14-29-17-21(22)27(30-32)18-7-9-20(10-8-18)35-24-6-4-5-23(34-2)26(24)28/h3-11,14,17,19H,1,12-13,15-16H2,2H3. The van der Waals surface area contributed by atoms with E-state index in [0.29, 0.717) is 18.8 Å². The predicted octanol–water partition coefficient (Wildman–Crippen LogP) is 5.39. The first kappa shape index (κ1) is 22.6. The minimum Gasteiger partial charge on any atom is -0.494 e. The van der Waals surface area contributed by atoms with Crippen LogP contribution < -0.4 is 9.47 Å². The van der Waals surface area contributed by atoms with Crippen molar-refractivity contribution in [3.05, 3.63) is 79.4 Å². The Morgan fingerprint density at radius 3 is 2.57 bits per heavy atom. The molecule has 1 aliphatic heterocycles. The first-order valence-corrected chi connectivity index (χ1v) is 11.4. The molecular formula is C27H25FN4O3. The Kier molecular flexibility index (Phi) is 6.18. The van der Waals surface area contributed by atoms with Crippen molar-refractivity contribution in [2.75, 3.05) is 20.2 Å². The van der Waals surface area contributed by atoms with E-state index < -0.39 is 5.82 Å². The summed E-state index contributed by atoms with van der Waals surface area (Å²) in [5.41, 5.74) is 2.72. The van der Waals surface area contributed by atoms with Crippen LogP contribution in [0.1, 0.15) is 18.9 Å². The number of piperidine rings is 1. The monoisotopic (exact) mass is 472 g/mol. The maximum absolute atomic E-state index is 14.4. The third-order valence-corrected chi connectivity index (χ3v) is 6.31. The van der Waals surface area contributed by atoms with Crippen LogP contribution in [0.2, 0.25) is 0 Å². The average Bonchev–Trinajstić information content (AvgIpc) is 3.30. The van der Waals surface area contributed by atoms with Gasteiger partial charge in [-0.05, 0) is 61.4 Å². The van der Waals surface area contributed by atoms with Gasteiger partial charge in [-0.15, -0.1) is 0 Å². The van der Waals surface area contributed by atoms with Crippen LogP contribution in [0.15, 0.2) is 73.6 Å². The molecule has 5 rings (SSSR count). The minimum atomic E-state index is -0.546. The smallest absolute Gasteiger partial charge is 0.245 e. The van der Waals surface area contributed by atoms with E-state index in [2.05, 4.69) is 16.2 Å². The van der Waals surface area contributed by atoms with Crippen LogP contribution in [0.3, 0.4) is 0 Å². The molecule has 0 atom stereocenters. The van der Waals surface area contributed by atoms with Crippen molar-refractivity contribution in [1.82, 2.24) is 19.7 Å². The zero-order valence-corrected chi connectivity index (χ0v) is 19.4. The maximum Gasteiger partial charge on any atom is 0.245 e. The number of carbonyl (C=O) groups is 1. The van der Waals surface area contributed by atoms with Gasteiger partial charge in [0.25, 0.3) is 0 Å². The molecule has 0 bridgehead atoms. The van der Waals surface area contributed by atoms with Gasteiger partial charge < -0.3 is 14.4 Å². The summed E-state index contributed by atoms with van der Waals surface area (Å²) in [7, 11) is 1.42. The second-order valence-corrected chi connectivity index (χ2v) is 8.35. The number of carbonyl (C=O) groups excluding carboxylic acids is 1. The molecule has 0 N–H and O–H groups in total. The lowest BCUT2D eigenvalue weighted by molar-refractivity contribution is -0.127. The topological polar surface area (TPSA) is 69.5 Å². The molecule has 0 unspecified atom stereocenters. The predicted molar refractivity (Wildman–Crippen MR) is 131 cm³/mol. The number of pyridine rings is 1. The molecule has 1 saturated heterocycles. The first-order valence-electron chi connectivity index (χ1n) is 11.4. The van der Waals surface area contributed by atoms with Crippen LogP contribution in [0.25, 0.3) is 22.2 Å². The summed E-state index contributed by atoms with van der Waals surface area (Å²) in [6.07, 6.45) is 6.58. The third kappa shape index (κ3) is 4.35. The molecule has 4 aromatic rings. The zero-order chi connectivity index (χ0) is 24.4. The summed E-state index contributed by atoms with van der Waals surface area (Å²) in [6, 6.07) is 14.3. The number of aromatic nitrogens is 3. The Hall–Kier alpha value is -4.20. The highest BCUT2D eigenvalue weighted by Gasteiger charge is 2.25. The molecule has 0 radical (unpaired) electrons. The highest BCUT2D eigenvalue weighted by atomic mass is 19.1. The Labute approximate surface area is 202 Å². The van der Waals surface area contributed by atoms with Gasteiger partial charge in [0.15, 0.2) is 11.5 Å². The molecular weight excluding hydrogens is 447 g/mol. The first-order chi connectivity index (χ1) is 17.1. The van der Waals surface area contributed by atoms with Gasteiger partial charge >= 0.3 is 0 Å². The molecule has 2 aromatic heterocycles. The van der Waals surface area contributed by atoms with Crippen molar-refractivity contribution in [3.63, 3.8) is 0 Å². The van der Waals surface area contributed by atoms with E-state index in [1.54, 1.807) is 36.5 Å². The summed E-state index contributed by atoms with van der Waals surface area (Å²) in [6.45, 7) is 4.93. The Bertz CT molecular complexity index is 1380. The van der Waals surface area contributed by atoms with E-state index in [1.807, 2.05) is 29.3 Å². The molecule has 2 aromatic carbocycles. The molecule has 0 spiro atoms. The molecule has 0 saturated carbocycles. The zero-order valence-electron chi connectivity index (χ0n) is 19.4. The molecule has 35 heavy (non-hydrogen) atoms. The molecule has 178 valence electrons. The summed E-state index contributed by atoms with van der Waals surface area (Å²) in [5, 5.41) is 5.91. The highest BCUT2D eigenvalue weighted by molar-refractivity contribution is 5.92. The molecule has 8 heteroatoms. The van der Waals surface area contributed by atoms with Crippen LogP contribution in [0, 0.1) is 5.82 Å². The molecule has 1 aliphatic rings. The van der Waals surface area contributed by atoms with Gasteiger partial charge in [-0.1, -0.05) is 12.6 Å².